The molecule has 0 saturated carbocycles. The molecule has 0 N–H and O–H groups in total. The molecule has 0 saturated heterocycles. The van der Waals surface area contributed by atoms with Crippen LogP contribution in [0.25, 0.3) is 33.7 Å². The van der Waals surface area contributed by atoms with Crippen LogP contribution >= 0.6 is 0 Å². The Morgan fingerprint density at radius 1 is 0.538 bits per heavy atom. The van der Waals surface area contributed by atoms with Gasteiger partial charge in [0.05, 0.1) is 0 Å². The number of fused-ring (bicyclic) bond motifs is 6. The maximum atomic E-state index is 2.65. The first kappa shape index (κ1) is 28.3. The molecular formula is C35H30Cl2SiZr. The molecule has 2 unspecified atom stereocenters. The Morgan fingerprint density at radius 2 is 0.974 bits per heavy atom. The number of hydrogen-bond donors (Lipinski definition) is 0. The number of rotatable bonds is 3. The molecule has 5 aromatic rings. The third-order valence-electron chi connectivity index (χ3n) is 8.55. The van der Waals surface area contributed by atoms with E-state index in [1.54, 1.807) is 27.5 Å². The van der Waals surface area contributed by atoms with Gasteiger partial charge in [0.15, 0.2) is 0 Å². The van der Waals surface area contributed by atoms with Crippen LogP contribution in [0.1, 0.15) is 43.4 Å². The van der Waals surface area contributed by atoms with Crippen LogP contribution in [-0.4, -0.2) is 5.43 Å². The van der Waals surface area contributed by atoms with E-state index in [-0.39, 0.29) is 24.8 Å². The summed E-state index contributed by atoms with van der Waals surface area (Å²) in [6, 6.07) is 39.1. The van der Waals surface area contributed by atoms with Gasteiger partial charge in [-0.1, -0.05) is 0 Å². The predicted molar refractivity (Wildman–Crippen MR) is 158 cm³/mol. The monoisotopic (exact) mass is 638 g/mol. The molecule has 5 aromatic carbocycles. The molecule has 2 atom stereocenters. The predicted octanol–water partition coefficient (Wildman–Crippen LogP) is 2.76. The summed E-state index contributed by atoms with van der Waals surface area (Å²) in [5.41, 5.74) is 8.67. The van der Waals surface area contributed by atoms with Gasteiger partial charge in [-0.3, -0.25) is 0 Å². The Balaban J connectivity index is 0.00000154. The van der Waals surface area contributed by atoms with E-state index in [1.165, 1.54) is 32.7 Å². The SMILES string of the molecule is CC1=Cc2c(ccc3ccccc23)[CH]1[Zr+2]([CH]1C(C)=Cc2c1ccc1ccccc21)=[Si](C)c1ccccc1.[Cl-].[Cl-]. The van der Waals surface area contributed by atoms with E-state index in [0.717, 1.165) is 0 Å². The Kier molecular flexibility index (Phi) is 8.23. The Labute approximate surface area is 251 Å². The molecule has 7 rings (SSSR count). The summed E-state index contributed by atoms with van der Waals surface area (Å²) in [5, 5.41) is 7.16. The van der Waals surface area contributed by atoms with Crippen LogP contribution < -0.4 is 30.0 Å². The van der Waals surface area contributed by atoms with Crippen molar-refractivity contribution < 1.29 is 45.2 Å². The molecule has 192 valence electrons. The summed E-state index contributed by atoms with van der Waals surface area (Å²) >= 11 is -2.26. The molecule has 0 amide bonds. The summed E-state index contributed by atoms with van der Waals surface area (Å²) in [6.07, 6.45) is 5.08. The normalized spacial score (nSPS) is 16.8. The second-order valence-corrected chi connectivity index (χ2v) is 26.5. The number of halogens is 2. The topological polar surface area (TPSA) is 0 Å². The molecule has 0 aromatic heterocycles. The average Bonchev–Trinajstić information content (AvgIpc) is 3.46. The van der Waals surface area contributed by atoms with E-state index in [9.17, 15) is 0 Å². The fraction of sp³-hybridized carbons (Fsp3) is 0.143. The van der Waals surface area contributed by atoms with Gasteiger partial charge in [-0.15, -0.1) is 0 Å². The molecule has 0 heterocycles. The van der Waals surface area contributed by atoms with Crippen molar-refractivity contribution in [3.63, 3.8) is 0 Å². The molecule has 4 heteroatoms. The van der Waals surface area contributed by atoms with Gasteiger partial charge in [0, 0.05) is 0 Å². The first-order valence-corrected chi connectivity index (χ1v) is 21.8. The first-order chi connectivity index (χ1) is 18.1. The molecule has 0 radical (unpaired) electrons. The second-order valence-electron chi connectivity index (χ2n) is 10.7. The van der Waals surface area contributed by atoms with E-state index < -0.39 is 25.8 Å². The number of allylic oxidation sites excluding steroid dienone is 2. The molecular weight excluding hydrogens is 611 g/mol. The minimum Gasteiger partial charge on any atom is -1.00 e. The van der Waals surface area contributed by atoms with Crippen molar-refractivity contribution in [2.75, 3.05) is 0 Å². The van der Waals surface area contributed by atoms with Crippen LogP contribution in [0.4, 0.5) is 0 Å². The summed E-state index contributed by atoms with van der Waals surface area (Å²) in [5.74, 6) is 0. The third-order valence-corrected chi connectivity index (χ3v) is 29.4. The maximum absolute atomic E-state index is 2.65. The van der Waals surface area contributed by atoms with Crippen LogP contribution in [-0.2, 0) is 20.4 Å². The van der Waals surface area contributed by atoms with Crippen LogP contribution in [0.5, 0.6) is 0 Å². The first-order valence-electron chi connectivity index (χ1n) is 13.3. The summed E-state index contributed by atoms with van der Waals surface area (Å²) < 4.78 is 1.23. The molecule has 0 fully saturated rings. The van der Waals surface area contributed by atoms with Crippen LogP contribution in [0, 0.1) is 0 Å². The molecule has 0 nitrogen and oxygen atoms in total. The second kappa shape index (κ2) is 11.3. The fourth-order valence-corrected chi connectivity index (χ4v) is 29.9. The van der Waals surface area contributed by atoms with E-state index in [2.05, 4.69) is 136 Å². The standard InChI is InChI=1S/2C14H11.C7H8Si.2ClH.Zr/c2*1-10-8-12-7-6-11-4-2-3-5-13(11)14(12)9-10;1-8-7-5-3-2-4-6-7;;;/h2*2-9H,1H3;2-6H,1H3;2*1H;/q;;;;;+2/p-2. The van der Waals surface area contributed by atoms with Crippen molar-refractivity contribution in [3.8, 4) is 0 Å². The Bertz CT molecular complexity index is 1710. The van der Waals surface area contributed by atoms with Gasteiger partial charge in [-0.05, 0) is 0 Å². The summed E-state index contributed by atoms with van der Waals surface area (Å²) in [4.78, 5) is 0. The molecule has 2 aliphatic rings. The van der Waals surface area contributed by atoms with E-state index >= 15 is 0 Å². The van der Waals surface area contributed by atoms with E-state index in [1.807, 2.05) is 0 Å². The van der Waals surface area contributed by atoms with Gasteiger partial charge < -0.3 is 24.8 Å². The third kappa shape index (κ3) is 4.64. The van der Waals surface area contributed by atoms with E-state index in [0.29, 0.717) is 7.25 Å². The van der Waals surface area contributed by atoms with Crippen LogP contribution in [0.3, 0.4) is 0 Å². The minimum atomic E-state index is -2.26. The summed E-state index contributed by atoms with van der Waals surface area (Å²) in [7, 11) is 0. The van der Waals surface area contributed by atoms with Crippen molar-refractivity contribution in [3.05, 3.63) is 137 Å². The Morgan fingerprint density at radius 3 is 1.46 bits per heavy atom. The quantitative estimate of drug-likeness (QED) is 0.267. The van der Waals surface area contributed by atoms with Gasteiger partial charge in [0.25, 0.3) is 0 Å². The van der Waals surface area contributed by atoms with Gasteiger partial charge >= 0.3 is 229 Å². The number of hydrogen-bond acceptors (Lipinski definition) is 0. The summed E-state index contributed by atoms with van der Waals surface area (Å²) in [6.45, 7) is 7.50. The maximum Gasteiger partial charge on any atom is -1.00 e. The van der Waals surface area contributed by atoms with Crippen LogP contribution in [0.15, 0.2) is 114 Å². The fourth-order valence-electron chi connectivity index (χ4n) is 6.84. The van der Waals surface area contributed by atoms with Gasteiger partial charge in [0.1, 0.15) is 0 Å². The van der Waals surface area contributed by atoms with Crippen molar-refractivity contribution in [2.24, 2.45) is 0 Å². The molecule has 0 aliphatic heterocycles. The van der Waals surface area contributed by atoms with E-state index in [4.69, 9.17) is 0 Å². The zero-order valence-electron chi connectivity index (χ0n) is 22.4. The van der Waals surface area contributed by atoms with Crippen molar-refractivity contribution in [2.45, 2.75) is 27.6 Å². The van der Waals surface area contributed by atoms with Crippen molar-refractivity contribution >= 4 is 44.3 Å². The van der Waals surface area contributed by atoms with Gasteiger partial charge in [-0.25, -0.2) is 0 Å². The van der Waals surface area contributed by atoms with Crippen molar-refractivity contribution in [1.82, 2.24) is 0 Å². The van der Waals surface area contributed by atoms with Crippen molar-refractivity contribution in [1.29, 1.82) is 0 Å². The largest absolute Gasteiger partial charge is 1.00 e. The van der Waals surface area contributed by atoms with Gasteiger partial charge in [0.2, 0.25) is 0 Å². The number of benzene rings is 5. The average molecular weight is 641 g/mol. The molecule has 2 aliphatic carbocycles. The minimum absolute atomic E-state index is 0. The molecule has 0 bridgehead atoms. The zero-order valence-corrected chi connectivity index (χ0v) is 27.4. The van der Waals surface area contributed by atoms with Gasteiger partial charge in [-0.2, -0.15) is 0 Å². The smallest absolute Gasteiger partial charge is 1.00 e. The molecule has 39 heavy (non-hydrogen) atoms. The van der Waals surface area contributed by atoms with Crippen LogP contribution in [0.2, 0.25) is 6.55 Å². The Hall–Kier alpha value is -2.22. The molecule has 0 spiro atoms. The zero-order chi connectivity index (χ0) is 25.1.